The van der Waals surface area contributed by atoms with Crippen molar-refractivity contribution in [3.05, 3.63) is 69.7 Å². The molecule has 1 amide bonds. The summed E-state index contributed by atoms with van der Waals surface area (Å²) in [5.74, 6) is 5.22. The molecule has 36 heavy (non-hydrogen) atoms. The van der Waals surface area contributed by atoms with Gasteiger partial charge in [0.2, 0.25) is 5.76 Å². The number of fused-ring (bicyclic) bond motifs is 1. The van der Waals surface area contributed by atoms with Gasteiger partial charge in [-0.15, -0.1) is 0 Å². The third kappa shape index (κ3) is 4.19. The van der Waals surface area contributed by atoms with Crippen LogP contribution in [-0.4, -0.2) is 47.1 Å². The second-order valence-corrected chi connectivity index (χ2v) is 8.77. The van der Waals surface area contributed by atoms with Gasteiger partial charge in [0.05, 0.1) is 18.9 Å². The van der Waals surface area contributed by atoms with Gasteiger partial charge in [0.1, 0.15) is 23.2 Å². The molecule has 5 rings (SSSR count). The number of halogens is 1. The van der Waals surface area contributed by atoms with Crippen LogP contribution >= 0.6 is 11.6 Å². The highest BCUT2D eigenvalue weighted by molar-refractivity contribution is 6.31. The van der Waals surface area contributed by atoms with E-state index in [-0.39, 0.29) is 24.7 Å². The molecule has 1 aromatic heterocycles. The van der Waals surface area contributed by atoms with Crippen LogP contribution in [0.1, 0.15) is 30.0 Å². The highest BCUT2D eigenvalue weighted by atomic mass is 35.5. The topological polar surface area (TPSA) is 136 Å². The number of nitrogens with one attached hydrogen (secondary N) is 1. The minimum atomic E-state index is -1.13. The van der Waals surface area contributed by atoms with E-state index in [1.54, 1.807) is 50.3 Å². The van der Waals surface area contributed by atoms with Crippen LogP contribution in [0.3, 0.4) is 0 Å². The number of amidine groups is 1. The van der Waals surface area contributed by atoms with E-state index < -0.39 is 23.6 Å². The molecule has 3 aliphatic heterocycles. The summed E-state index contributed by atoms with van der Waals surface area (Å²) in [6.07, 6.45) is 2.08. The van der Waals surface area contributed by atoms with E-state index in [9.17, 15) is 14.7 Å². The standard InChI is InChI=1S/C25H19ClN4O6/c1-13-21(29-24(33)35-14(2)17-5-3-4-6-18(17)26)19(36-30-13)8-7-16-9-15-10-20(28-22(15)27-16)25(23(31)32)11-34-12-25/h3-6,9-10,14H,11-12H2,1-2H3,(H,29,33)(H,31,32). The lowest BCUT2D eigenvalue weighted by atomic mass is 9.82. The molecule has 2 N–H and O–H groups in total. The summed E-state index contributed by atoms with van der Waals surface area (Å²) in [6, 6.07) is 7.09. The summed E-state index contributed by atoms with van der Waals surface area (Å²) in [7, 11) is 0. The number of nitrogens with zero attached hydrogens (tertiary/aromatic N) is 3. The minimum absolute atomic E-state index is 0.0782. The summed E-state index contributed by atoms with van der Waals surface area (Å²) in [5, 5.41) is 16.5. The maximum atomic E-state index is 12.5. The lowest BCUT2D eigenvalue weighted by Crippen LogP contribution is -2.49. The monoisotopic (exact) mass is 506 g/mol. The van der Waals surface area contributed by atoms with E-state index >= 15 is 0 Å². The van der Waals surface area contributed by atoms with Gasteiger partial charge < -0.3 is 19.1 Å². The summed E-state index contributed by atoms with van der Waals surface area (Å²) < 4.78 is 15.8. The Morgan fingerprint density at radius 3 is 2.67 bits per heavy atom. The van der Waals surface area contributed by atoms with Crippen molar-refractivity contribution < 1.29 is 28.7 Å². The first kappa shape index (κ1) is 23.5. The zero-order chi connectivity index (χ0) is 25.4. The zero-order valence-electron chi connectivity index (χ0n) is 19.2. The number of ether oxygens (including phenoxy) is 2. The van der Waals surface area contributed by atoms with Crippen LogP contribution in [0.15, 0.2) is 62.2 Å². The Morgan fingerprint density at radius 2 is 2.00 bits per heavy atom. The number of carbonyl (C=O) groups is 2. The van der Waals surface area contributed by atoms with Gasteiger partial charge in [0.25, 0.3) is 0 Å². The first-order valence-corrected chi connectivity index (χ1v) is 11.3. The molecule has 10 nitrogen and oxygen atoms in total. The predicted molar refractivity (Wildman–Crippen MR) is 130 cm³/mol. The lowest BCUT2D eigenvalue weighted by Gasteiger charge is -2.36. The van der Waals surface area contributed by atoms with Crippen LogP contribution in [0, 0.1) is 24.2 Å². The van der Waals surface area contributed by atoms with E-state index in [0.29, 0.717) is 39.1 Å². The fourth-order valence-electron chi connectivity index (χ4n) is 3.79. The van der Waals surface area contributed by atoms with E-state index in [1.807, 2.05) is 0 Å². The lowest BCUT2D eigenvalue weighted by molar-refractivity contribution is -0.171. The third-order valence-corrected chi connectivity index (χ3v) is 6.26. The highest BCUT2D eigenvalue weighted by Gasteiger charge is 2.51. The number of aliphatic imine (C=N–C) groups is 2. The number of carboxylic acid groups (broad SMARTS) is 1. The number of allylic oxidation sites excluding steroid dienone is 1. The van der Waals surface area contributed by atoms with E-state index in [4.69, 9.17) is 25.6 Å². The van der Waals surface area contributed by atoms with Crippen molar-refractivity contribution in [2.24, 2.45) is 15.4 Å². The zero-order valence-corrected chi connectivity index (χ0v) is 19.9. The molecule has 182 valence electrons. The second-order valence-electron chi connectivity index (χ2n) is 8.36. The van der Waals surface area contributed by atoms with Gasteiger partial charge in [-0.2, -0.15) is 0 Å². The predicted octanol–water partition coefficient (Wildman–Crippen LogP) is 4.08. The normalized spacial score (nSPS) is 17.9. The fraction of sp³-hybridized carbons (Fsp3) is 0.240. The number of hydrogen-bond acceptors (Lipinski definition) is 8. The van der Waals surface area contributed by atoms with Crippen molar-refractivity contribution in [3.8, 4) is 11.8 Å². The number of rotatable bonds is 5. The molecular formula is C25H19ClN4O6. The van der Waals surface area contributed by atoms with Gasteiger partial charge in [-0.3, -0.25) is 10.1 Å². The molecule has 3 aliphatic rings. The van der Waals surface area contributed by atoms with Crippen molar-refractivity contribution in [2.45, 2.75) is 20.0 Å². The number of anilines is 1. The van der Waals surface area contributed by atoms with Gasteiger partial charge in [-0.05, 0) is 43.9 Å². The largest absolute Gasteiger partial charge is 0.480 e. The SMILES string of the molecule is Cc1noc(C#CC2=NC3=NC(C4(C(=O)O)COC4)=CC3=C2)c1NC(=O)OC(C)c1ccccc1Cl. The van der Waals surface area contributed by atoms with Gasteiger partial charge in [0, 0.05) is 16.2 Å². The number of amides is 1. The Labute approximate surface area is 210 Å². The Morgan fingerprint density at radius 1 is 1.22 bits per heavy atom. The Hall–Kier alpha value is -4.20. The summed E-state index contributed by atoms with van der Waals surface area (Å²) in [6.45, 7) is 3.53. The number of carbonyl (C=O) groups excluding carboxylic acids is 1. The molecule has 1 unspecified atom stereocenters. The Balaban J connectivity index is 1.28. The smallest absolute Gasteiger partial charge is 0.412 e. The average Bonchev–Trinajstić information content (AvgIpc) is 3.45. The Bertz CT molecular complexity index is 1470. The number of aryl methyl sites for hydroxylation is 1. The van der Waals surface area contributed by atoms with Crippen molar-refractivity contribution in [3.63, 3.8) is 0 Å². The number of aliphatic carboxylic acids is 1. The van der Waals surface area contributed by atoms with Crippen molar-refractivity contribution in [1.82, 2.24) is 5.16 Å². The number of hydrogen-bond donors (Lipinski definition) is 2. The number of carboxylic acids is 1. The molecular weight excluding hydrogens is 488 g/mol. The summed E-state index contributed by atoms with van der Waals surface area (Å²) >= 11 is 6.17. The van der Waals surface area contributed by atoms with Gasteiger partial charge in [-0.25, -0.2) is 14.8 Å². The molecule has 4 heterocycles. The molecule has 0 radical (unpaired) electrons. The van der Waals surface area contributed by atoms with E-state index in [1.165, 1.54) is 0 Å². The molecule has 2 aromatic rings. The number of benzene rings is 1. The first-order valence-electron chi connectivity index (χ1n) is 10.9. The van der Waals surface area contributed by atoms with Crippen molar-refractivity contribution >= 4 is 40.9 Å². The molecule has 1 atom stereocenters. The van der Waals surface area contributed by atoms with Crippen LogP contribution in [-0.2, 0) is 14.3 Å². The van der Waals surface area contributed by atoms with Crippen LogP contribution < -0.4 is 5.32 Å². The summed E-state index contributed by atoms with van der Waals surface area (Å²) in [5.41, 5.74) is 1.74. The van der Waals surface area contributed by atoms with Crippen LogP contribution in [0.25, 0.3) is 0 Å². The van der Waals surface area contributed by atoms with Crippen molar-refractivity contribution in [2.75, 3.05) is 18.5 Å². The average molecular weight is 507 g/mol. The molecule has 1 fully saturated rings. The van der Waals surface area contributed by atoms with Crippen LogP contribution in [0.5, 0.6) is 0 Å². The molecule has 1 aromatic carbocycles. The number of aromatic nitrogens is 1. The van der Waals surface area contributed by atoms with E-state index in [0.717, 1.165) is 0 Å². The van der Waals surface area contributed by atoms with E-state index in [2.05, 4.69) is 32.3 Å². The van der Waals surface area contributed by atoms with Gasteiger partial charge in [0.15, 0.2) is 11.3 Å². The van der Waals surface area contributed by atoms with Crippen LogP contribution in [0.4, 0.5) is 10.5 Å². The summed E-state index contributed by atoms with van der Waals surface area (Å²) in [4.78, 5) is 32.9. The Kier molecular flexibility index (Phi) is 5.96. The van der Waals surface area contributed by atoms with Crippen LogP contribution in [0.2, 0.25) is 5.02 Å². The molecule has 0 bridgehead atoms. The minimum Gasteiger partial charge on any atom is -0.480 e. The third-order valence-electron chi connectivity index (χ3n) is 5.91. The van der Waals surface area contributed by atoms with Crippen molar-refractivity contribution in [1.29, 1.82) is 0 Å². The molecule has 0 saturated carbocycles. The molecule has 1 saturated heterocycles. The fourth-order valence-corrected chi connectivity index (χ4v) is 4.08. The maximum absolute atomic E-state index is 12.5. The molecule has 0 spiro atoms. The van der Waals surface area contributed by atoms with Gasteiger partial charge in [-0.1, -0.05) is 35.0 Å². The van der Waals surface area contributed by atoms with Gasteiger partial charge >= 0.3 is 12.1 Å². The highest BCUT2D eigenvalue weighted by Crippen LogP contribution is 2.41. The first-order chi connectivity index (χ1) is 17.3. The maximum Gasteiger partial charge on any atom is 0.412 e. The molecule has 0 aliphatic carbocycles. The molecule has 11 heteroatoms. The second kappa shape index (κ2) is 9.11. The quantitative estimate of drug-likeness (QED) is 0.583.